The summed E-state index contributed by atoms with van der Waals surface area (Å²) in [6, 6.07) is 5.09. The lowest BCUT2D eigenvalue weighted by atomic mass is 10.1. The monoisotopic (exact) mass is 467 g/mol. The fourth-order valence-corrected chi connectivity index (χ4v) is 3.74. The maximum Gasteiger partial charge on any atom is 0.255 e. The fraction of sp³-hybridized carbons (Fsp3) is 0.375. The van der Waals surface area contributed by atoms with Crippen LogP contribution in [0.5, 0.6) is 11.5 Å². The normalized spacial score (nSPS) is 14.8. The number of aromatic nitrogens is 2. The Balaban J connectivity index is 2.04. The number of nitrogens with zero attached hydrogens (tertiary/aromatic N) is 3. The molecule has 2 amide bonds. The number of carbonyl (C=O) groups is 2. The number of likely N-dealkylation sites (tertiary alicyclic amines) is 1. The summed E-state index contributed by atoms with van der Waals surface area (Å²) in [6.07, 6.45) is 1.95. The van der Waals surface area contributed by atoms with Crippen LogP contribution in [-0.2, 0) is 9.53 Å². The van der Waals surface area contributed by atoms with E-state index in [0.717, 1.165) is 0 Å². The highest BCUT2D eigenvalue weighted by Crippen LogP contribution is 2.29. The molecule has 3 rings (SSSR count). The number of amides is 2. The van der Waals surface area contributed by atoms with Crippen molar-refractivity contribution < 1.29 is 23.8 Å². The van der Waals surface area contributed by atoms with Crippen molar-refractivity contribution in [3.05, 3.63) is 47.7 Å². The van der Waals surface area contributed by atoms with Crippen LogP contribution in [0.3, 0.4) is 0 Å². The highest BCUT2D eigenvalue weighted by molar-refractivity contribution is 6.00. The van der Waals surface area contributed by atoms with Crippen LogP contribution in [0.1, 0.15) is 34.1 Å². The number of nitrogens with two attached hydrogens (primary N) is 1. The fourth-order valence-electron chi connectivity index (χ4n) is 3.74. The van der Waals surface area contributed by atoms with Gasteiger partial charge in [-0.1, -0.05) is 12.5 Å². The Morgan fingerprint density at radius 1 is 1.24 bits per heavy atom. The topological polar surface area (TPSA) is 121 Å². The first-order valence-electron chi connectivity index (χ1n) is 10.7. The summed E-state index contributed by atoms with van der Waals surface area (Å²) < 4.78 is 17.4. The number of anilines is 1. The molecule has 2 aromatic rings. The van der Waals surface area contributed by atoms with Crippen LogP contribution < -0.4 is 20.5 Å². The van der Waals surface area contributed by atoms with Gasteiger partial charge in [-0.3, -0.25) is 9.59 Å². The van der Waals surface area contributed by atoms with Crippen molar-refractivity contribution in [2.75, 3.05) is 52.9 Å². The van der Waals surface area contributed by atoms with E-state index in [1.54, 1.807) is 49.1 Å². The van der Waals surface area contributed by atoms with E-state index in [9.17, 15) is 9.59 Å². The van der Waals surface area contributed by atoms with E-state index in [1.165, 1.54) is 6.08 Å². The van der Waals surface area contributed by atoms with Gasteiger partial charge in [-0.25, -0.2) is 4.68 Å². The van der Waals surface area contributed by atoms with E-state index in [2.05, 4.69) is 28.8 Å². The van der Waals surface area contributed by atoms with Crippen LogP contribution in [0.4, 0.5) is 5.82 Å². The molecule has 0 radical (unpaired) electrons. The lowest BCUT2D eigenvalue weighted by Gasteiger charge is -2.17. The standard InChI is InChI=1S/C24H29N5O5/c1-5-21(30)28-10-8-17(15-28)29-24(26-9-11-32-2)22(23(25)31)20(27-29)7-6-16-12-18(33-3)14-19(13-16)34-4/h5,12-14,17,26H,1,8-11,15H2,2-4H3,(H2,25,31). The summed E-state index contributed by atoms with van der Waals surface area (Å²) >= 11 is 0. The predicted molar refractivity (Wildman–Crippen MR) is 127 cm³/mol. The number of methoxy groups -OCH3 is 3. The van der Waals surface area contributed by atoms with E-state index in [4.69, 9.17) is 19.9 Å². The van der Waals surface area contributed by atoms with Gasteiger partial charge in [0.2, 0.25) is 5.91 Å². The lowest BCUT2D eigenvalue weighted by molar-refractivity contribution is -0.125. The molecule has 1 aromatic heterocycles. The Morgan fingerprint density at radius 2 is 1.94 bits per heavy atom. The first-order chi connectivity index (χ1) is 16.4. The quantitative estimate of drug-likeness (QED) is 0.325. The molecule has 3 N–H and O–H groups in total. The minimum Gasteiger partial charge on any atom is -0.497 e. The summed E-state index contributed by atoms with van der Waals surface area (Å²) in [4.78, 5) is 26.2. The number of hydrogen-bond donors (Lipinski definition) is 2. The van der Waals surface area contributed by atoms with Crippen molar-refractivity contribution in [2.24, 2.45) is 5.73 Å². The molecule has 0 aliphatic carbocycles. The van der Waals surface area contributed by atoms with E-state index < -0.39 is 5.91 Å². The second kappa shape index (κ2) is 11.2. The van der Waals surface area contributed by atoms with Gasteiger partial charge >= 0.3 is 0 Å². The van der Waals surface area contributed by atoms with Crippen LogP contribution in [0.25, 0.3) is 0 Å². The van der Waals surface area contributed by atoms with Gasteiger partial charge in [-0.2, -0.15) is 5.10 Å². The Hall–Kier alpha value is -3.97. The highest BCUT2D eigenvalue weighted by Gasteiger charge is 2.31. The van der Waals surface area contributed by atoms with Crippen LogP contribution in [-0.4, -0.2) is 74.1 Å². The molecule has 2 heterocycles. The SMILES string of the molecule is C=CC(=O)N1CCC(n2nc(C#Cc3cc(OC)cc(OC)c3)c(C(N)=O)c2NCCOC)C1. The number of rotatable bonds is 9. The van der Waals surface area contributed by atoms with E-state index in [-0.39, 0.29) is 23.2 Å². The highest BCUT2D eigenvalue weighted by atomic mass is 16.5. The van der Waals surface area contributed by atoms with Crippen molar-refractivity contribution in [1.82, 2.24) is 14.7 Å². The van der Waals surface area contributed by atoms with E-state index >= 15 is 0 Å². The summed E-state index contributed by atoms with van der Waals surface area (Å²) in [5.74, 6) is 6.81. The minimum absolute atomic E-state index is 0.148. The maximum atomic E-state index is 12.4. The second-order valence-corrected chi connectivity index (χ2v) is 7.58. The number of primary amides is 1. The number of benzene rings is 1. The lowest BCUT2D eigenvalue weighted by Crippen LogP contribution is -2.28. The van der Waals surface area contributed by atoms with Crippen LogP contribution >= 0.6 is 0 Å². The van der Waals surface area contributed by atoms with Crippen LogP contribution in [0.15, 0.2) is 30.9 Å². The molecule has 1 saturated heterocycles. The second-order valence-electron chi connectivity index (χ2n) is 7.58. The average Bonchev–Trinajstić information content (AvgIpc) is 3.47. The molecule has 34 heavy (non-hydrogen) atoms. The van der Waals surface area contributed by atoms with E-state index in [0.29, 0.717) is 55.5 Å². The van der Waals surface area contributed by atoms with E-state index in [1.807, 2.05) is 0 Å². The van der Waals surface area contributed by atoms with Crippen molar-refractivity contribution >= 4 is 17.6 Å². The molecule has 0 spiro atoms. The van der Waals surface area contributed by atoms with Crippen molar-refractivity contribution in [3.8, 4) is 23.3 Å². The molecule has 0 bridgehead atoms. The first kappa shape index (κ1) is 24.7. The van der Waals surface area contributed by atoms with Gasteiger partial charge in [-0.05, 0) is 30.6 Å². The zero-order chi connectivity index (χ0) is 24.7. The molecule has 0 saturated carbocycles. The summed E-state index contributed by atoms with van der Waals surface area (Å²) in [5.41, 5.74) is 6.79. The minimum atomic E-state index is -0.657. The number of nitrogens with one attached hydrogen (secondary N) is 1. The number of carbonyl (C=O) groups excluding carboxylic acids is 2. The Kier molecular flexibility index (Phi) is 8.16. The molecular formula is C24H29N5O5. The van der Waals surface area contributed by atoms with Gasteiger partial charge < -0.3 is 30.2 Å². The molecule has 1 aromatic carbocycles. The molecule has 10 heteroatoms. The molecule has 1 aliphatic rings. The van der Waals surface area contributed by atoms with Crippen LogP contribution in [0, 0.1) is 11.8 Å². The molecule has 180 valence electrons. The predicted octanol–water partition coefficient (Wildman–Crippen LogP) is 1.42. The summed E-state index contributed by atoms with van der Waals surface area (Å²) in [5, 5.41) is 7.82. The number of ether oxygens (including phenoxy) is 3. The van der Waals surface area contributed by atoms with Gasteiger partial charge in [0.15, 0.2) is 5.69 Å². The molecular weight excluding hydrogens is 438 g/mol. The largest absolute Gasteiger partial charge is 0.497 e. The van der Waals surface area contributed by atoms with Gasteiger partial charge in [0.25, 0.3) is 5.91 Å². The van der Waals surface area contributed by atoms with Gasteiger partial charge in [0.1, 0.15) is 22.9 Å². The number of hydrogen-bond acceptors (Lipinski definition) is 7. The zero-order valence-corrected chi connectivity index (χ0v) is 19.6. The molecule has 1 unspecified atom stereocenters. The zero-order valence-electron chi connectivity index (χ0n) is 19.6. The van der Waals surface area contributed by atoms with Gasteiger partial charge in [0.05, 0.1) is 26.9 Å². The molecule has 1 aliphatic heterocycles. The van der Waals surface area contributed by atoms with Crippen LogP contribution in [0.2, 0.25) is 0 Å². The van der Waals surface area contributed by atoms with Crippen molar-refractivity contribution in [1.29, 1.82) is 0 Å². The molecule has 1 fully saturated rings. The summed E-state index contributed by atoms with van der Waals surface area (Å²) in [7, 11) is 4.70. The summed E-state index contributed by atoms with van der Waals surface area (Å²) in [6.45, 7) is 5.40. The molecule has 1 atom stereocenters. The van der Waals surface area contributed by atoms with Gasteiger partial charge in [0, 0.05) is 38.4 Å². The smallest absolute Gasteiger partial charge is 0.255 e. The van der Waals surface area contributed by atoms with Gasteiger partial charge in [-0.15, -0.1) is 0 Å². The third-order valence-corrected chi connectivity index (χ3v) is 5.43. The van der Waals surface area contributed by atoms with Crippen molar-refractivity contribution in [3.63, 3.8) is 0 Å². The third-order valence-electron chi connectivity index (χ3n) is 5.43. The Bertz CT molecular complexity index is 1110. The Labute approximate surface area is 198 Å². The maximum absolute atomic E-state index is 12.4. The third kappa shape index (κ3) is 5.50. The van der Waals surface area contributed by atoms with Crippen molar-refractivity contribution in [2.45, 2.75) is 12.5 Å². The molecule has 10 nitrogen and oxygen atoms in total. The first-order valence-corrected chi connectivity index (χ1v) is 10.7. The Morgan fingerprint density at radius 3 is 2.53 bits per heavy atom. The average molecular weight is 468 g/mol.